The van der Waals surface area contributed by atoms with Gasteiger partial charge in [-0.1, -0.05) is 48.5 Å². The van der Waals surface area contributed by atoms with Crippen LogP contribution in [-0.4, -0.2) is 44.4 Å². The maximum Gasteiger partial charge on any atom is 0.191 e. The molecule has 0 atom stereocenters. The van der Waals surface area contributed by atoms with Crippen molar-refractivity contribution in [2.75, 3.05) is 19.6 Å². The maximum absolute atomic E-state index is 10.4. The SMILES string of the molecule is N#Cc1ccccc1CSc1nnc(-c2ccccc2O)n1CCN1CCCCC1. The van der Waals surface area contributed by atoms with Crippen molar-refractivity contribution in [1.29, 1.82) is 5.26 Å². The number of phenolic OH excluding ortho intramolecular Hbond substituents is 1. The number of para-hydroxylation sites is 1. The molecule has 7 heteroatoms. The van der Waals surface area contributed by atoms with Gasteiger partial charge < -0.3 is 14.6 Å². The lowest BCUT2D eigenvalue weighted by molar-refractivity contribution is 0.219. The highest BCUT2D eigenvalue weighted by Gasteiger charge is 2.19. The summed E-state index contributed by atoms with van der Waals surface area (Å²) in [6.07, 6.45) is 3.81. The number of hydrogen-bond donors (Lipinski definition) is 1. The molecular weight excluding hydrogens is 394 g/mol. The molecule has 0 unspecified atom stereocenters. The molecule has 0 radical (unpaired) electrons. The second kappa shape index (κ2) is 9.79. The van der Waals surface area contributed by atoms with Gasteiger partial charge in [-0.05, 0) is 49.7 Å². The number of benzene rings is 2. The van der Waals surface area contributed by atoms with Gasteiger partial charge in [-0.25, -0.2) is 0 Å². The van der Waals surface area contributed by atoms with E-state index in [1.165, 1.54) is 19.3 Å². The van der Waals surface area contributed by atoms with Crippen molar-refractivity contribution >= 4 is 11.8 Å². The molecule has 0 aliphatic carbocycles. The van der Waals surface area contributed by atoms with Gasteiger partial charge in [0.2, 0.25) is 0 Å². The number of nitriles is 1. The van der Waals surface area contributed by atoms with E-state index in [-0.39, 0.29) is 5.75 Å². The van der Waals surface area contributed by atoms with Gasteiger partial charge in [0.25, 0.3) is 0 Å². The molecule has 0 saturated carbocycles. The maximum atomic E-state index is 10.4. The molecule has 4 rings (SSSR count). The van der Waals surface area contributed by atoms with Gasteiger partial charge >= 0.3 is 0 Å². The Bertz CT molecular complexity index is 1040. The average molecular weight is 420 g/mol. The molecule has 1 aliphatic rings. The zero-order valence-electron chi connectivity index (χ0n) is 16.9. The van der Waals surface area contributed by atoms with E-state index in [0.717, 1.165) is 36.9 Å². The third-order valence-corrected chi connectivity index (χ3v) is 6.46. The number of rotatable bonds is 7. The largest absolute Gasteiger partial charge is 0.507 e. The minimum Gasteiger partial charge on any atom is -0.507 e. The minimum absolute atomic E-state index is 0.204. The van der Waals surface area contributed by atoms with Crippen molar-refractivity contribution in [3.05, 3.63) is 59.7 Å². The zero-order valence-corrected chi connectivity index (χ0v) is 17.7. The highest BCUT2D eigenvalue weighted by molar-refractivity contribution is 7.98. The summed E-state index contributed by atoms with van der Waals surface area (Å²) in [5.74, 6) is 1.53. The second-order valence-corrected chi connectivity index (χ2v) is 8.38. The molecule has 6 nitrogen and oxygen atoms in total. The molecule has 1 aromatic heterocycles. The first-order chi connectivity index (χ1) is 14.8. The normalized spacial score (nSPS) is 14.5. The monoisotopic (exact) mass is 419 g/mol. The molecule has 1 aliphatic heterocycles. The molecule has 1 N–H and O–H groups in total. The molecule has 154 valence electrons. The van der Waals surface area contributed by atoms with Crippen LogP contribution < -0.4 is 0 Å². The summed E-state index contributed by atoms with van der Waals surface area (Å²) in [7, 11) is 0. The van der Waals surface area contributed by atoms with Crippen LogP contribution in [0, 0.1) is 11.3 Å². The average Bonchev–Trinajstić information content (AvgIpc) is 3.20. The van der Waals surface area contributed by atoms with Crippen LogP contribution in [0.3, 0.4) is 0 Å². The van der Waals surface area contributed by atoms with Gasteiger partial charge in [0.1, 0.15) is 5.75 Å². The van der Waals surface area contributed by atoms with E-state index in [1.807, 2.05) is 42.5 Å². The lowest BCUT2D eigenvalue weighted by Gasteiger charge is -2.26. The fourth-order valence-corrected chi connectivity index (χ4v) is 4.75. The van der Waals surface area contributed by atoms with E-state index in [4.69, 9.17) is 0 Å². The molecule has 1 fully saturated rings. The lowest BCUT2D eigenvalue weighted by atomic mass is 10.1. The Morgan fingerprint density at radius 2 is 1.73 bits per heavy atom. The summed E-state index contributed by atoms with van der Waals surface area (Å²) in [4.78, 5) is 2.48. The van der Waals surface area contributed by atoms with Crippen LogP contribution in [0.15, 0.2) is 53.7 Å². The summed E-state index contributed by atoms with van der Waals surface area (Å²) >= 11 is 1.58. The van der Waals surface area contributed by atoms with Crippen molar-refractivity contribution in [3.63, 3.8) is 0 Å². The number of aromatic nitrogens is 3. The van der Waals surface area contributed by atoms with Gasteiger partial charge in [0.05, 0.1) is 17.2 Å². The minimum atomic E-state index is 0.204. The van der Waals surface area contributed by atoms with Gasteiger partial charge in [0.15, 0.2) is 11.0 Å². The summed E-state index contributed by atoms with van der Waals surface area (Å²) < 4.78 is 2.10. The Morgan fingerprint density at radius 1 is 0.967 bits per heavy atom. The quantitative estimate of drug-likeness (QED) is 0.575. The Labute approximate surface area is 181 Å². The number of likely N-dealkylation sites (tertiary alicyclic amines) is 1. The molecule has 2 heterocycles. The van der Waals surface area contributed by atoms with Crippen LogP contribution in [0.5, 0.6) is 5.75 Å². The Balaban J connectivity index is 1.59. The Kier molecular flexibility index (Phi) is 6.67. The number of hydrogen-bond acceptors (Lipinski definition) is 6. The van der Waals surface area contributed by atoms with Gasteiger partial charge in [0, 0.05) is 18.8 Å². The van der Waals surface area contributed by atoms with Crippen LogP contribution in [0.4, 0.5) is 0 Å². The van der Waals surface area contributed by atoms with Gasteiger partial charge in [-0.2, -0.15) is 5.26 Å². The van der Waals surface area contributed by atoms with Crippen LogP contribution in [0.25, 0.3) is 11.4 Å². The van der Waals surface area contributed by atoms with Crippen molar-refractivity contribution in [2.45, 2.75) is 36.7 Å². The molecule has 0 spiro atoms. The highest BCUT2D eigenvalue weighted by Crippen LogP contribution is 2.31. The molecule has 30 heavy (non-hydrogen) atoms. The third-order valence-electron chi connectivity index (χ3n) is 5.44. The lowest BCUT2D eigenvalue weighted by Crippen LogP contribution is -2.32. The summed E-state index contributed by atoms with van der Waals surface area (Å²) in [5, 5.41) is 29.4. The van der Waals surface area contributed by atoms with Crippen LogP contribution in [0.2, 0.25) is 0 Å². The molecule has 2 aromatic carbocycles. The number of aromatic hydroxyl groups is 1. The number of thioether (sulfide) groups is 1. The third kappa shape index (κ3) is 4.66. The Morgan fingerprint density at radius 3 is 2.53 bits per heavy atom. The first-order valence-electron chi connectivity index (χ1n) is 10.3. The number of phenols is 1. The van der Waals surface area contributed by atoms with Crippen molar-refractivity contribution in [1.82, 2.24) is 19.7 Å². The summed E-state index contributed by atoms with van der Waals surface area (Å²) in [6.45, 7) is 3.96. The summed E-state index contributed by atoms with van der Waals surface area (Å²) in [5.41, 5.74) is 2.36. The predicted molar refractivity (Wildman–Crippen MR) is 118 cm³/mol. The highest BCUT2D eigenvalue weighted by atomic mass is 32.2. The van der Waals surface area contributed by atoms with E-state index in [2.05, 4.69) is 25.7 Å². The topological polar surface area (TPSA) is 78.0 Å². The standard InChI is InChI=1S/C23H25N5OS/c24-16-18-8-2-3-9-19(18)17-30-23-26-25-22(20-10-4-5-11-21(20)29)28(23)15-14-27-12-6-1-7-13-27/h2-5,8-11,29H,1,6-7,12-15,17H2. The van der Waals surface area contributed by atoms with E-state index in [1.54, 1.807) is 17.8 Å². The fraction of sp³-hybridized carbons (Fsp3) is 0.348. The number of piperidine rings is 1. The summed E-state index contributed by atoms with van der Waals surface area (Å²) in [6, 6.07) is 17.2. The fourth-order valence-electron chi connectivity index (χ4n) is 3.78. The van der Waals surface area contributed by atoms with Crippen LogP contribution in [0.1, 0.15) is 30.4 Å². The van der Waals surface area contributed by atoms with Crippen molar-refractivity contribution in [2.24, 2.45) is 0 Å². The van der Waals surface area contributed by atoms with E-state index in [0.29, 0.717) is 22.7 Å². The molecule has 0 bridgehead atoms. The molecular formula is C23H25N5OS. The Hall–Kier alpha value is -2.82. The molecule has 3 aromatic rings. The smallest absolute Gasteiger partial charge is 0.191 e. The van der Waals surface area contributed by atoms with Crippen molar-refractivity contribution < 1.29 is 5.11 Å². The van der Waals surface area contributed by atoms with Crippen LogP contribution in [-0.2, 0) is 12.3 Å². The second-order valence-electron chi connectivity index (χ2n) is 7.43. The van der Waals surface area contributed by atoms with Gasteiger partial charge in [-0.15, -0.1) is 10.2 Å². The predicted octanol–water partition coefficient (Wildman–Crippen LogP) is 4.30. The van der Waals surface area contributed by atoms with E-state index >= 15 is 0 Å². The molecule has 0 amide bonds. The molecule has 1 saturated heterocycles. The van der Waals surface area contributed by atoms with Gasteiger partial charge in [-0.3, -0.25) is 0 Å². The van der Waals surface area contributed by atoms with E-state index in [9.17, 15) is 10.4 Å². The first-order valence-corrected chi connectivity index (χ1v) is 11.3. The van der Waals surface area contributed by atoms with Crippen molar-refractivity contribution in [3.8, 4) is 23.2 Å². The van der Waals surface area contributed by atoms with Crippen LogP contribution >= 0.6 is 11.8 Å². The van der Waals surface area contributed by atoms with E-state index < -0.39 is 0 Å². The first kappa shape index (κ1) is 20.5. The zero-order chi connectivity index (χ0) is 20.8. The number of nitrogens with zero attached hydrogens (tertiary/aromatic N) is 5.